The van der Waals surface area contributed by atoms with Crippen molar-refractivity contribution >= 4 is 11.6 Å². The average Bonchev–Trinajstić information content (AvgIpc) is 3.15. The number of halogens is 3. The molecule has 6 nitrogen and oxygen atoms in total. The van der Waals surface area contributed by atoms with E-state index in [4.69, 9.17) is 4.74 Å². The minimum atomic E-state index is -4.51. The van der Waals surface area contributed by atoms with Crippen molar-refractivity contribution in [1.29, 1.82) is 0 Å². The van der Waals surface area contributed by atoms with Gasteiger partial charge < -0.3 is 15.0 Å². The number of nitrogens with one attached hydrogen (secondary N) is 2. The first-order valence-corrected chi connectivity index (χ1v) is 8.73. The number of anilines is 1. The number of alkyl halides is 3. The molecular formula is C18H21F3N4O2. The molecule has 3 rings (SSSR count). The molecule has 27 heavy (non-hydrogen) atoms. The highest BCUT2D eigenvalue weighted by Gasteiger charge is 2.34. The molecule has 1 aromatic heterocycles. The molecule has 0 bridgehead atoms. The zero-order valence-electron chi connectivity index (χ0n) is 14.9. The van der Waals surface area contributed by atoms with E-state index in [0.717, 1.165) is 11.8 Å². The van der Waals surface area contributed by atoms with Crippen LogP contribution in [0.3, 0.4) is 0 Å². The van der Waals surface area contributed by atoms with Gasteiger partial charge in [0.1, 0.15) is 5.69 Å². The van der Waals surface area contributed by atoms with Gasteiger partial charge in [-0.3, -0.25) is 9.89 Å². The van der Waals surface area contributed by atoms with Crippen LogP contribution in [0, 0.1) is 0 Å². The van der Waals surface area contributed by atoms with Crippen LogP contribution in [0.1, 0.15) is 34.2 Å². The van der Waals surface area contributed by atoms with Crippen molar-refractivity contribution in [3.63, 3.8) is 0 Å². The Morgan fingerprint density at radius 2 is 2.04 bits per heavy atom. The Morgan fingerprint density at radius 3 is 2.67 bits per heavy atom. The van der Waals surface area contributed by atoms with E-state index in [0.29, 0.717) is 38.4 Å². The molecule has 1 amide bonds. The molecule has 2 aromatic rings. The van der Waals surface area contributed by atoms with Crippen LogP contribution in [0.4, 0.5) is 18.9 Å². The highest BCUT2D eigenvalue weighted by atomic mass is 19.4. The van der Waals surface area contributed by atoms with E-state index < -0.39 is 17.6 Å². The maximum Gasteiger partial charge on any atom is 0.416 e. The predicted molar refractivity (Wildman–Crippen MR) is 93.6 cm³/mol. The number of aromatic nitrogens is 2. The van der Waals surface area contributed by atoms with Crippen molar-refractivity contribution in [3.8, 4) is 0 Å². The fourth-order valence-electron chi connectivity index (χ4n) is 2.93. The minimum absolute atomic E-state index is 0.0131. The summed E-state index contributed by atoms with van der Waals surface area (Å²) in [4.78, 5) is 14.0. The predicted octanol–water partition coefficient (Wildman–Crippen LogP) is 2.76. The van der Waals surface area contributed by atoms with Crippen molar-refractivity contribution in [2.75, 3.05) is 31.2 Å². The lowest BCUT2D eigenvalue weighted by atomic mass is 10.0. The highest BCUT2D eigenvalue weighted by Crippen LogP contribution is 2.35. The number of ether oxygens (including phenoxy) is 1. The van der Waals surface area contributed by atoms with Crippen LogP contribution in [-0.4, -0.2) is 42.4 Å². The van der Waals surface area contributed by atoms with E-state index in [1.165, 1.54) is 6.07 Å². The Morgan fingerprint density at radius 1 is 1.30 bits per heavy atom. The van der Waals surface area contributed by atoms with Gasteiger partial charge in [-0.15, -0.1) is 0 Å². The summed E-state index contributed by atoms with van der Waals surface area (Å²) in [6.45, 7) is 3.75. The zero-order chi connectivity index (χ0) is 19.4. The Balaban J connectivity index is 1.76. The monoisotopic (exact) mass is 382 g/mol. The normalized spacial score (nSPS) is 15.0. The molecule has 0 unspecified atom stereocenters. The van der Waals surface area contributed by atoms with Gasteiger partial charge >= 0.3 is 6.18 Å². The molecule has 146 valence electrons. The Labute approximate surface area is 154 Å². The van der Waals surface area contributed by atoms with Crippen molar-refractivity contribution < 1.29 is 22.7 Å². The number of benzene rings is 1. The molecule has 0 aliphatic carbocycles. The SMILES string of the molecule is CCc1cc(C(=O)NCc2ccc(N3CCOCC3)cc2C(F)(F)F)n[nH]1. The zero-order valence-corrected chi connectivity index (χ0v) is 14.9. The van der Waals surface area contributed by atoms with E-state index in [-0.39, 0.29) is 17.8 Å². The molecule has 1 saturated heterocycles. The van der Waals surface area contributed by atoms with Gasteiger partial charge in [0.15, 0.2) is 0 Å². The fraction of sp³-hybridized carbons (Fsp3) is 0.444. The van der Waals surface area contributed by atoms with E-state index in [2.05, 4.69) is 15.5 Å². The molecule has 2 N–H and O–H groups in total. The van der Waals surface area contributed by atoms with Crippen LogP contribution < -0.4 is 10.2 Å². The van der Waals surface area contributed by atoms with Crippen LogP contribution >= 0.6 is 0 Å². The summed E-state index contributed by atoms with van der Waals surface area (Å²) in [7, 11) is 0. The lowest BCUT2D eigenvalue weighted by Crippen LogP contribution is -2.36. The van der Waals surface area contributed by atoms with Crippen LogP contribution in [-0.2, 0) is 23.9 Å². The van der Waals surface area contributed by atoms with Gasteiger partial charge in [0.05, 0.1) is 18.8 Å². The van der Waals surface area contributed by atoms with Crippen molar-refractivity contribution in [1.82, 2.24) is 15.5 Å². The van der Waals surface area contributed by atoms with E-state index in [1.54, 1.807) is 12.1 Å². The number of aromatic amines is 1. The Hall–Kier alpha value is -2.55. The molecule has 2 heterocycles. The Bertz CT molecular complexity index is 798. The van der Waals surface area contributed by atoms with Gasteiger partial charge in [0.25, 0.3) is 5.91 Å². The number of nitrogens with zero attached hydrogens (tertiary/aromatic N) is 2. The Kier molecular flexibility index (Phi) is 5.69. The van der Waals surface area contributed by atoms with Crippen LogP contribution in [0.15, 0.2) is 24.3 Å². The second-order valence-electron chi connectivity index (χ2n) is 6.25. The fourth-order valence-corrected chi connectivity index (χ4v) is 2.93. The third-order valence-electron chi connectivity index (χ3n) is 4.46. The van der Waals surface area contributed by atoms with Crippen molar-refractivity contribution in [2.24, 2.45) is 0 Å². The highest BCUT2D eigenvalue weighted by molar-refractivity contribution is 5.92. The second-order valence-corrected chi connectivity index (χ2v) is 6.25. The lowest BCUT2D eigenvalue weighted by molar-refractivity contribution is -0.138. The quantitative estimate of drug-likeness (QED) is 0.834. The molecule has 0 spiro atoms. The van der Waals surface area contributed by atoms with Gasteiger partial charge in [0.2, 0.25) is 0 Å². The summed E-state index contributed by atoms with van der Waals surface area (Å²) in [6.07, 6.45) is -3.83. The molecule has 1 aromatic carbocycles. The van der Waals surface area contributed by atoms with E-state index in [9.17, 15) is 18.0 Å². The number of aryl methyl sites for hydroxylation is 1. The standard InChI is InChI=1S/C18H21F3N4O2/c1-2-13-9-16(24-23-13)17(26)22-11-12-3-4-14(10-15(12)18(19,20)21)25-5-7-27-8-6-25/h3-4,9-10H,2,5-8,11H2,1H3,(H,22,26)(H,23,24). The molecule has 1 aliphatic heterocycles. The number of morpholine rings is 1. The number of hydrogen-bond acceptors (Lipinski definition) is 4. The molecular weight excluding hydrogens is 361 g/mol. The summed E-state index contributed by atoms with van der Waals surface area (Å²) in [6, 6.07) is 5.78. The number of carbonyl (C=O) groups excluding carboxylic acids is 1. The number of amides is 1. The van der Waals surface area contributed by atoms with Crippen LogP contribution in [0.25, 0.3) is 0 Å². The largest absolute Gasteiger partial charge is 0.416 e. The molecule has 0 atom stereocenters. The maximum absolute atomic E-state index is 13.5. The number of H-pyrrole nitrogens is 1. The third-order valence-corrected chi connectivity index (χ3v) is 4.46. The van der Waals surface area contributed by atoms with Crippen molar-refractivity contribution in [3.05, 3.63) is 46.8 Å². The first-order chi connectivity index (χ1) is 12.9. The van der Waals surface area contributed by atoms with Crippen LogP contribution in [0.2, 0.25) is 0 Å². The van der Waals surface area contributed by atoms with Gasteiger partial charge in [-0.2, -0.15) is 18.3 Å². The number of rotatable bonds is 5. The first-order valence-electron chi connectivity index (χ1n) is 8.73. The van der Waals surface area contributed by atoms with Crippen LogP contribution in [0.5, 0.6) is 0 Å². The van der Waals surface area contributed by atoms with Gasteiger partial charge in [-0.05, 0) is 30.2 Å². The third kappa shape index (κ3) is 4.60. The lowest BCUT2D eigenvalue weighted by Gasteiger charge is -2.29. The summed E-state index contributed by atoms with van der Waals surface area (Å²) in [5, 5.41) is 9.08. The van der Waals surface area contributed by atoms with Crippen molar-refractivity contribution in [2.45, 2.75) is 26.1 Å². The number of hydrogen-bond donors (Lipinski definition) is 2. The van der Waals surface area contributed by atoms with E-state index in [1.807, 2.05) is 11.8 Å². The number of carbonyl (C=O) groups is 1. The minimum Gasteiger partial charge on any atom is -0.378 e. The summed E-state index contributed by atoms with van der Waals surface area (Å²) >= 11 is 0. The van der Waals surface area contributed by atoms with Gasteiger partial charge in [-0.1, -0.05) is 13.0 Å². The molecule has 9 heteroatoms. The molecule has 1 aliphatic rings. The smallest absolute Gasteiger partial charge is 0.378 e. The van der Waals surface area contributed by atoms with E-state index >= 15 is 0 Å². The topological polar surface area (TPSA) is 70.2 Å². The summed E-state index contributed by atoms with van der Waals surface area (Å²) in [5.74, 6) is -0.517. The molecule has 0 radical (unpaired) electrons. The summed E-state index contributed by atoms with van der Waals surface area (Å²) in [5.41, 5.74) is 0.708. The first kappa shape index (κ1) is 19.2. The van der Waals surface area contributed by atoms with Gasteiger partial charge in [-0.25, -0.2) is 0 Å². The molecule has 1 fully saturated rings. The van der Waals surface area contributed by atoms with Gasteiger partial charge in [0, 0.05) is 31.0 Å². The molecule has 0 saturated carbocycles. The maximum atomic E-state index is 13.5. The average molecular weight is 382 g/mol. The second kappa shape index (κ2) is 7.99. The summed E-state index contributed by atoms with van der Waals surface area (Å²) < 4.78 is 45.8.